The number of nitrogens with zero attached hydrogens (tertiary/aromatic N) is 2. The highest BCUT2D eigenvalue weighted by Crippen LogP contribution is 2.40. The standard InChI is InChI=1S/C37H33N3O7S2/c41-20-23-10-12-25(13-11-23)31-18-28(22-48-37-39-29-8-4-5-9-32(29)49-37)46-35(47-31)26-14-16-27(17-15-26)40-33(42)19-30(34(40)43)38-36(44)45-21-24-6-2-1-3-7-24/h1-17,28,30-31,35,41H,18-22H2,(H,38,44)/t28-,30?,31+,35+/m0/s1. The number of amides is 3. The van der Waals surface area contributed by atoms with Gasteiger partial charge in [-0.05, 0) is 41.0 Å². The summed E-state index contributed by atoms with van der Waals surface area (Å²) in [5, 5.41) is 12.0. The zero-order valence-corrected chi connectivity index (χ0v) is 27.9. The summed E-state index contributed by atoms with van der Waals surface area (Å²) < 4.78 is 20.3. The molecule has 0 bridgehead atoms. The minimum absolute atomic E-state index is 0.0392. The number of thiazole rings is 1. The van der Waals surface area contributed by atoms with Crippen LogP contribution in [0.5, 0.6) is 0 Å². The summed E-state index contributed by atoms with van der Waals surface area (Å²) in [5.41, 5.74) is 4.69. The fraction of sp³-hybridized carbons (Fsp3) is 0.243. The largest absolute Gasteiger partial charge is 0.445 e. The minimum atomic E-state index is -1.02. The molecular formula is C37H33N3O7S2. The van der Waals surface area contributed by atoms with Crippen LogP contribution in [0.1, 0.15) is 47.5 Å². The number of benzene rings is 4. The van der Waals surface area contributed by atoms with E-state index >= 15 is 0 Å². The molecule has 250 valence electrons. The Bertz CT molecular complexity index is 1900. The van der Waals surface area contributed by atoms with E-state index in [1.807, 2.05) is 72.8 Å². The van der Waals surface area contributed by atoms with Crippen molar-refractivity contribution < 1.29 is 33.7 Å². The molecule has 49 heavy (non-hydrogen) atoms. The Kier molecular flexibility index (Phi) is 10.0. The third-order valence-corrected chi connectivity index (χ3v) is 10.7. The molecule has 0 aliphatic carbocycles. The number of anilines is 1. The van der Waals surface area contributed by atoms with E-state index in [0.717, 1.165) is 41.7 Å². The van der Waals surface area contributed by atoms with E-state index in [1.54, 1.807) is 47.4 Å². The number of hydrogen-bond acceptors (Lipinski definition) is 10. The Hall–Kier alpha value is -4.59. The van der Waals surface area contributed by atoms with Crippen molar-refractivity contribution >= 4 is 56.9 Å². The summed E-state index contributed by atoms with van der Waals surface area (Å²) >= 11 is 3.31. The van der Waals surface area contributed by atoms with Crippen LogP contribution in [0, 0.1) is 0 Å². The molecular weight excluding hydrogens is 663 g/mol. The smallest absolute Gasteiger partial charge is 0.408 e. The maximum Gasteiger partial charge on any atom is 0.408 e. The molecule has 2 fully saturated rings. The number of fused-ring (bicyclic) bond motifs is 1. The monoisotopic (exact) mass is 695 g/mol. The highest BCUT2D eigenvalue weighted by atomic mass is 32.2. The maximum absolute atomic E-state index is 13.2. The molecule has 4 atom stereocenters. The summed E-state index contributed by atoms with van der Waals surface area (Å²) in [6, 6.07) is 30.9. The van der Waals surface area contributed by atoms with Crippen LogP contribution < -0.4 is 10.2 Å². The lowest BCUT2D eigenvalue weighted by Crippen LogP contribution is -2.42. The molecule has 7 rings (SSSR count). The summed E-state index contributed by atoms with van der Waals surface area (Å²) in [5.74, 6) is -0.283. The molecule has 2 aliphatic heterocycles. The van der Waals surface area contributed by atoms with E-state index in [9.17, 15) is 19.5 Å². The number of aromatic nitrogens is 1. The number of aliphatic hydroxyl groups excluding tert-OH is 1. The number of rotatable bonds is 10. The summed E-state index contributed by atoms with van der Waals surface area (Å²) in [6.45, 7) is 0.0108. The van der Waals surface area contributed by atoms with Crippen LogP contribution in [0.2, 0.25) is 0 Å². The number of alkyl carbamates (subject to hydrolysis) is 1. The van der Waals surface area contributed by atoms with Crippen molar-refractivity contribution in [3.05, 3.63) is 125 Å². The molecule has 0 saturated carbocycles. The van der Waals surface area contributed by atoms with Crippen molar-refractivity contribution in [3.63, 3.8) is 0 Å². The number of aliphatic hydroxyl groups is 1. The molecule has 0 radical (unpaired) electrons. The molecule has 2 saturated heterocycles. The number of hydrogen-bond donors (Lipinski definition) is 2. The van der Waals surface area contributed by atoms with Gasteiger partial charge in [0.1, 0.15) is 12.6 Å². The minimum Gasteiger partial charge on any atom is -0.445 e. The lowest BCUT2D eigenvalue weighted by atomic mass is 10.0. The van der Waals surface area contributed by atoms with Crippen LogP contribution in [0.4, 0.5) is 10.5 Å². The summed E-state index contributed by atoms with van der Waals surface area (Å²) in [6.07, 6.45) is -1.43. The number of carbonyl (C=O) groups excluding carboxylic acids is 3. The lowest BCUT2D eigenvalue weighted by molar-refractivity contribution is -0.245. The molecule has 0 spiro atoms. The highest BCUT2D eigenvalue weighted by Gasteiger charge is 2.41. The van der Waals surface area contributed by atoms with Gasteiger partial charge in [-0.2, -0.15) is 0 Å². The van der Waals surface area contributed by atoms with Gasteiger partial charge in [0.2, 0.25) is 5.91 Å². The number of ether oxygens (including phenoxy) is 3. The van der Waals surface area contributed by atoms with E-state index in [-0.39, 0.29) is 31.8 Å². The van der Waals surface area contributed by atoms with E-state index in [0.29, 0.717) is 17.9 Å². The van der Waals surface area contributed by atoms with Crippen LogP contribution in [-0.4, -0.2) is 45.9 Å². The van der Waals surface area contributed by atoms with E-state index in [4.69, 9.17) is 19.2 Å². The first-order chi connectivity index (χ1) is 23.9. The summed E-state index contributed by atoms with van der Waals surface area (Å²) in [7, 11) is 0. The normalized spacial score (nSPS) is 20.9. The molecule has 1 aromatic heterocycles. The van der Waals surface area contributed by atoms with Crippen LogP contribution in [0.25, 0.3) is 10.2 Å². The fourth-order valence-electron chi connectivity index (χ4n) is 5.80. The second kappa shape index (κ2) is 14.9. The zero-order chi connectivity index (χ0) is 33.7. The molecule has 3 amide bonds. The Balaban J connectivity index is 1.03. The van der Waals surface area contributed by atoms with Crippen molar-refractivity contribution in [2.24, 2.45) is 0 Å². The van der Waals surface area contributed by atoms with Gasteiger partial charge in [-0.1, -0.05) is 90.6 Å². The van der Waals surface area contributed by atoms with Crippen molar-refractivity contribution in [1.82, 2.24) is 10.3 Å². The van der Waals surface area contributed by atoms with Crippen LogP contribution >= 0.6 is 23.1 Å². The number of imide groups is 1. The molecule has 4 aromatic carbocycles. The average Bonchev–Trinajstić information content (AvgIpc) is 3.69. The topological polar surface area (TPSA) is 127 Å². The van der Waals surface area contributed by atoms with Crippen LogP contribution in [0.15, 0.2) is 107 Å². The molecule has 1 unspecified atom stereocenters. The molecule has 2 N–H and O–H groups in total. The zero-order valence-electron chi connectivity index (χ0n) is 26.3. The maximum atomic E-state index is 13.2. The van der Waals surface area contributed by atoms with E-state index in [2.05, 4.69) is 11.4 Å². The van der Waals surface area contributed by atoms with Crippen molar-refractivity contribution in [1.29, 1.82) is 0 Å². The van der Waals surface area contributed by atoms with Gasteiger partial charge >= 0.3 is 6.09 Å². The van der Waals surface area contributed by atoms with Crippen molar-refractivity contribution in [2.75, 3.05) is 10.7 Å². The predicted molar refractivity (Wildman–Crippen MR) is 186 cm³/mol. The van der Waals surface area contributed by atoms with Crippen LogP contribution in [-0.2, 0) is 37.0 Å². The van der Waals surface area contributed by atoms with Gasteiger partial charge in [-0.15, -0.1) is 11.3 Å². The van der Waals surface area contributed by atoms with Gasteiger partial charge in [0, 0.05) is 17.7 Å². The van der Waals surface area contributed by atoms with Gasteiger partial charge in [0.15, 0.2) is 10.6 Å². The van der Waals surface area contributed by atoms with Gasteiger partial charge in [-0.25, -0.2) is 14.7 Å². The predicted octanol–water partition coefficient (Wildman–Crippen LogP) is 6.68. The van der Waals surface area contributed by atoms with Gasteiger partial charge in [0.05, 0.1) is 41.1 Å². The third-order valence-electron chi connectivity index (χ3n) is 8.36. The molecule has 10 nitrogen and oxygen atoms in total. The second-order valence-corrected chi connectivity index (χ2v) is 14.0. The number of nitrogens with one attached hydrogen (secondary N) is 1. The average molecular weight is 696 g/mol. The first kappa shape index (κ1) is 32.9. The number of carbonyl (C=O) groups is 3. The fourth-order valence-corrected chi connectivity index (χ4v) is 7.92. The van der Waals surface area contributed by atoms with Gasteiger partial charge in [0.25, 0.3) is 5.91 Å². The Morgan fingerprint density at radius 1 is 0.918 bits per heavy atom. The third kappa shape index (κ3) is 7.69. The highest BCUT2D eigenvalue weighted by molar-refractivity contribution is 8.01. The van der Waals surface area contributed by atoms with E-state index in [1.165, 1.54) is 0 Å². The Morgan fingerprint density at radius 2 is 1.65 bits per heavy atom. The van der Waals surface area contributed by atoms with Gasteiger partial charge in [-0.3, -0.25) is 9.59 Å². The van der Waals surface area contributed by atoms with Crippen LogP contribution in [0.3, 0.4) is 0 Å². The quantitative estimate of drug-likeness (QED) is 0.121. The Morgan fingerprint density at radius 3 is 2.41 bits per heavy atom. The molecule has 12 heteroatoms. The Labute approximate surface area is 291 Å². The second-order valence-electron chi connectivity index (χ2n) is 11.7. The summed E-state index contributed by atoms with van der Waals surface area (Å²) in [4.78, 5) is 44.3. The SMILES string of the molecule is O=C(NC1CC(=O)N(c2ccc([C@@H]3O[C@H](CSc4nc5ccccc5s4)C[C@H](c4ccc(CO)cc4)O3)cc2)C1=O)OCc1ccccc1. The van der Waals surface area contributed by atoms with Gasteiger partial charge < -0.3 is 24.6 Å². The lowest BCUT2D eigenvalue weighted by Gasteiger charge is -2.36. The van der Waals surface area contributed by atoms with E-state index < -0.39 is 30.2 Å². The number of para-hydroxylation sites is 1. The first-order valence-electron chi connectivity index (χ1n) is 15.9. The number of thioether (sulfide) groups is 1. The molecule has 3 heterocycles. The first-order valence-corrected chi connectivity index (χ1v) is 17.7. The van der Waals surface area contributed by atoms with Crippen molar-refractivity contribution in [3.8, 4) is 0 Å². The molecule has 5 aromatic rings. The molecule has 2 aliphatic rings. The van der Waals surface area contributed by atoms with Crippen molar-refractivity contribution in [2.45, 2.75) is 54.9 Å².